The van der Waals surface area contributed by atoms with Crippen molar-refractivity contribution < 1.29 is 50.0 Å². The van der Waals surface area contributed by atoms with Crippen LogP contribution >= 0.6 is 23.2 Å². The number of halogens is 6. The summed E-state index contributed by atoms with van der Waals surface area (Å²) in [5, 5.41) is 4.98. The molecule has 4 unspecified atom stereocenters. The highest BCUT2D eigenvalue weighted by Gasteiger charge is 2.42. The highest BCUT2D eigenvalue weighted by molar-refractivity contribution is 7.92. The maximum Gasteiger partial charge on any atom is 0.244 e. The summed E-state index contributed by atoms with van der Waals surface area (Å²) in [5.74, 6) is -5.07. The third kappa shape index (κ3) is 9.49. The van der Waals surface area contributed by atoms with Gasteiger partial charge in [0.2, 0.25) is 33.7 Å². The Kier molecular flexibility index (Phi) is 12.9. The number of nitrogens with one attached hydrogen (secondary N) is 2. The molecule has 0 saturated carbocycles. The minimum atomic E-state index is -4.26. The molecule has 1 aromatic heterocycles. The van der Waals surface area contributed by atoms with Crippen LogP contribution in [0.1, 0.15) is 41.3 Å². The van der Waals surface area contributed by atoms with Gasteiger partial charge in [0.1, 0.15) is 49.2 Å². The average Bonchev–Trinajstić information content (AvgIpc) is 3.88. The minimum absolute atomic E-state index is 0.0525. The van der Waals surface area contributed by atoms with Gasteiger partial charge < -0.3 is 25.0 Å². The number of rotatable bonds is 13. The topological polar surface area (TPSA) is 158 Å². The second-order valence-corrected chi connectivity index (χ2v) is 17.1. The Bertz CT molecular complexity index is 2450. The van der Waals surface area contributed by atoms with Gasteiger partial charge in [0.15, 0.2) is 5.78 Å². The van der Waals surface area contributed by atoms with Crippen molar-refractivity contribution in [3.05, 3.63) is 99.2 Å². The number of amides is 4. The van der Waals surface area contributed by atoms with Gasteiger partial charge in [-0.2, -0.15) is 0 Å². The predicted molar refractivity (Wildman–Crippen MR) is 211 cm³/mol. The zero-order chi connectivity index (χ0) is 42.9. The van der Waals surface area contributed by atoms with Crippen molar-refractivity contribution in [3.8, 4) is 0 Å². The third-order valence-electron chi connectivity index (χ3n) is 10.2. The quantitative estimate of drug-likeness (QED) is 0.146. The van der Waals surface area contributed by atoms with Crippen molar-refractivity contribution in [1.29, 1.82) is 0 Å². The fraction of sp³-hybridized carbons (Fsp3) is 0.359. The lowest BCUT2D eigenvalue weighted by molar-refractivity contribution is -0.139. The van der Waals surface area contributed by atoms with Crippen molar-refractivity contribution in [2.75, 3.05) is 30.2 Å². The Morgan fingerprint density at radius 2 is 1.31 bits per heavy atom. The Hall–Kier alpha value is -5.20. The molecule has 0 aliphatic carbocycles. The minimum Gasteiger partial charge on any atom is -0.350 e. The van der Waals surface area contributed by atoms with E-state index in [9.17, 15) is 50.0 Å². The fourth-order valence-corrected chi connectivity index (χ4v) is 8.51. The number of sulfonamides is 1. The van der Waals surface area contributed by atoms with E-state index in [0.717, 1.165) is 20.4 Å². The molecule has 59 heavy (non-hydrogen) atoms. The summed E-state index contributed by atoms with van der Waals surface area (Å²) >= 11 is 11.7. The molecule has 314 valence electrons. The number of alkyl halides is 2. The lowest BCUT2D eigenvalue weighted by Gasteiger charge is -2.28. The maximum atomic E-state index is 14.8. The first-order valence-electron chi connectivity index (χ1n) is 18.2. The Morgan fingerprint density at radius 1 is 0.797 bits per heavy atom. The first-order valence-corrected chi connectivity index (χ1v) is 20.8. The van der Waals surface area contributed by atoms with Crippen LogP contribution in [0.2, 0.25) is 10.0 Å². The second kappa shape index (κ2) is 17.6. The Balaban J connectivity index is 1.22. The number of aromatic nitrogens is 1. The molecule has 6 rings (SSSR count). The number of hydrogen-bond acceptors (Lipinski definition) is 7. The molecule has 13 nitrogen and oxygen atoms in total. The summed E-state index contributed by atoms with van der Waals surface area (Å²) < 4.78 is 86.8. The van der Waals surface area contributed by atoms with E-state index in [2.05, 4.69) is 10.6 Å². The number of carbonyl (C=O) groups is 5. The van der Waals surface area contributed by atoms with Gasteiger partial charge in [-0.15, -0.1) is 0 Å². The number of carbonyl (C=O) groups excluding carboxylic acids is 5. The molecule has 4 atom stereocenters. The highest BCUT2D eigenvalue weighted by Crippen LogP contribution is 2.31. The van der Waals surface area contributed by atoms with E-state index in [0.29, 0.717) is 5.39 Å². The number of anilines is 1. The van der Waals surface area contributed by atoms with E-state index in [1.807, 2.05) is 0 Å². The molecular weight excluding hydrogens is 843 g/mol. The lowest BCUT2D eigenvalue weighted by Crippen LogP contribution is -2.49. The molecule has 4 aromatic rings. The summed E-state index contributed by atoms with van der Waals surface area (Å²) in [5.41, 5.74) is 0.373. The number of benzene rings is 3. The van der Waals surface area contributed by atoms with Crippen LogP contribution in [0.5, 0.6) is 0 Å². The van der Waals surface area contributed by atoms with Crippen molar-refractivity contribution >= 4 is 79.2 Å². The van der Waals surface area contributed by atoms with Crippen LogP contribution in [-0.2, 0) is 48.8 Å². The molecular formula is C39H38Cl2F4N6O7S. The van der Waals surface area contributed by atoms with Gasteiger partial charge >= 0.3 is 0 Å². The largest absolute Gasteiger partial charge is 0.350 e. The van der Waals surface area contributed by atoms with Gasteiger partial charge in [0.25, 0.3) is 0 Å². The summed E-state index contributed by atoms with van der Waals surface area (Å²) in [6.45, 7) is -1.65. The Labute approximate surface area is 346 Å². The van der Waals surface area contributed by atoms with Crippen molar-refractivity contribution in [3.63, 3.8) is 0 Å². The molecule has 2 saturated heterocycles. The first-order chi connectivity index (χ1) is 27.8. The van der Waals surface area contributed by atoms with Gasteiger partial charge in [0, 0.05) is 54.2 Å². The molecule has 3 aromatic carbocycles. The van der Waals surface area contributed by atoms with Crippen molar-refractivity contribution in [1.82, 2.24) is 25.0 Å². The molecule has 3 heterocycles. The van der Waals surface area contributed by atoms with E-state index in [4.69, 9.17) is 23.2 Å². The maximum absolute atomic E-state index is 14.8. The summed E-state index contributed by atoms with van der Waals surface area (Å²) in [6, 6.07) is 9.89. The standard InChI is InChI=1S/C39H38Cl2F4N6O7S/c1-21(52)28-18-48(19-34(53)49-16-24(42)11-32(49)38(55)46-14-22-5-3-7-29(40)36(22)44)31-13-26(9-10-27(28)31)51(59(2,57)58)20-35(54)50-17-25(43)12-33(50)39(56)47-15-23-6-4-8-30(41)37(23)45/h3-10,13,18,24-25,32-33H,11-12,14-17,19-20H2,1-2H3,(H,46,55)(H,47,56). The summed E-state index contributed by atoms with van der Waals surface area (Å²) in [7, 11) is -4.26. The smallest absolute Gasteiger partial charge is 0.244 e. The van der Waals surface area contributed by atoms with Crippen molar-refractivity contribution in [2.24, 2.45) is 0 Å². The van der Waals surface area contributed by atoms with Crippen LogP contribution < -0.4 is 14.9 Å². The third-order valence-corrected chi connectivity index (χ3v) is 12.0. The van der Waals surface area contributed by atoms with E-state index in [1.165, 1.54) is 72.3 Å². The number of likely N-dealkylation sites (tertiary alicyclic amines) is 2. The molecule has 2 aliphatic rings. The summed E-state index contributed by atoms with van der Waals surface area (Å²) in [6.07, 6.45) is -1.71. The number of fused-ring (bicyclic) bond motifs is 1. The van der Waals surface area contributed by atoms with E-state index >= 15 is 0 Å². The molecule has 2 N–H and O–H groups in total. The molecule has 4 amide bonds. The normalized spacial score (nSPS) is 19.3. The van der Waals surface area contributed by atoms with Gasteiger partial charge in [-0.3, -0.25) is 28.3 Å². The number of hydrogen-bond donors (Lipinski definition) is 2. The average molecular weight is 882 g/mol. The first kappa shape index (κ1) is 43.4. The number of Topliss-reactive ketones (excluding diaryl/α,β-unsaturated/α-hetero) is 1. The van der Waals surface area contributed by atoms with Crippen molar-refractivity contribution in [2.45, 2.75) is 63.8 Å². The zero-order valence-electron chi connectivity index (χ0n) is 31.6. The predicted octanol–water partition coefficient (Wildman–Crippen LogP) is 4.71. The van der Waals surface area contributed by atoms with E-state index < -0.39 is 102 Å². The number of nitrogens with zero attached hydrogens (tertiary/aromatic N) is 4. The summed E-state index contributed by atoms with van der Waals surface area (Å²) in [4.78, 5) is 68.4. The van der Waals surface area contributed by atoms with Crippen LogP contribution in [0.3, 0.4) is 0 Å². The van der Waals surface area contributed by atoms with Crippen LogP contribution in [0.4, 0.5) is 23.2 Å². The molecule has 2 aliphatic heterocycles. The molecule has 0 radical (unpaired) electrons. The van der Waals surface area contributed by atoms with Crippen LogP contribution in [-0.4, -0.2) is 103 Å². The highest BCUT2D eigenvalue weighted by atomic mass is 35.5. The molecule has 20 heteroatoms. The molecule has 0 bridgehead atoms. The number of ketones is 1. The monoisotopic (exact) mass is 880 g/mol. The van der Waals surface area contributed by atoms with Gasteiger partial charge in [-0.1, -0.05) is 53.5 Å². The van der Waals surface area contributed by atoms with Gasteiger partial charge in [-0.25, -0.2) is 26.0 Å². The second-order valence-electron chi connectivity index (χ2n) is 14.3. The molecule has 2 fully saturated rings. The Morgan fingerprint density at radius 3 is 1.80 bits per heavy atom. The van der Waals surface area contributed by atoms with E-state index in [-0.39, 0.29) is 63.9 Å². The fourth-order valence-electron chi connectivity index (χ4n) is 7.29. The molecule has 0 spiro atoms. The van der Waals surface area contributed by atoms with Crippen LogP contribution in [0, 0.1) is 11.6 Å². The van der Waals surface area contributed by atoms with Crippen LogP contribution in [0.15, 0.2) is 60.8 Å². The lowest BCUT2D eigenvalue weighted by atomic mass is 10.1. The van der Waals surface area contributed by atoms with Gasteiger partial charge in [0.05, 0.1) is 40.6 Å². The van der Waals surface area contributed by atoms with E-state index in [1.54, 1.807) is 0 Å². The van der Waals surface area contributed by atoms with Crippen LogP contribution in [0.25, 0.3) is 10.9 Å². The van der Waals surface area contributed by atoms with Gasteiger partial charge in [-0.05, 0) is 31.2 Å². The SMILES string of the molecule is CC(=O)c1cn(CC(=O)N2CC(F)CC2C(=O)NCc2cccc(Cl)c2F)c2cc(N(CC(=O)N3CC(F)CC3C(=O)NCc3cccc(Cl)c3F)S(C)(=O)=O)ccc12. The zero-order valence-corrected chi connectivity index (χ0v) is 33.9.